The SMILES string of the molecule is C[C@H]1NP(=O)(Oc2ccccc2)OC[C@H]2O[C@@H](c3cnc4c(ncnn34)OCCCCOC1=O)[C@](C)(O)[C@@H]2O. The number of carbonyl (C=O) groups is 1. The fraction of sp³-hybridized carbons (Fsp3) is 0.500. The maximum atomic E-state index is 13.8. The van der Waals surface area contributed by atoms with Crippen LogP contribution >= 0.6 is 7.75 Å². The fourth-order valence-electron chi connectivity index (χ4n) is 4.35. The van der Waals surface area contributed by atoms with E-state index < -0.39 is 50.3 Å². The summed E-state index contributed by atoms with van der Waals surface area (Å²) in [5, 5.41) is 29.0. The molecule has 2 aliphatic rings. The van der Waals surface area contributed by atoms with Crippen LogP contribution in [0.25, 0.3) is 5.65 Å². The van der Waals surface area contributed by atoms with Crippen molar-refractivity contribution in [2.45, 2.75) is 56.6 Å². The van der Waals surface area contributed by atoms with Gasteiger partial charge in [-0.05, 0) is 38.8 Å². The molecular formula is C24H30N5O9P. The van der Waals surface area contributed by atoms with E-state index in [0.717, 1.165) is 0 Å². The van der Waals surface area contributed by atoms with E-state index in [-0.39, 0.29) is 24.8 Å². The Balaban J connectivity index is 1.46. The summed E-state index contributed by atoms with van der Waals surface area (Å²) in [5.74, 6) is -0.205. The Labute approximate surface area is 223 Å². The van der Waals surface area contributed by atoms with Crippen LogP contribution in [0.2, 0.25) is 0 Å². The summed E-state index contributed by atoms with van der Waals surface area (Å²) >= 11 is 0. The first-order valence-electron chi connectivity index (χ1n) is 12.5. The number of nitrogens with one attached hydrogen (secondary N) is 1. The second-order valence-electron chi connectivity index (χ2n) is 9.48. The van der Waals surface area contributed by atoms with Gasteiger partial charge in [-0.3, -0.25) is 9.32 Å². The van der Waals surface area contributed by atoms with Crippen molar-refractivity contribution < 1.29 is 42.8 Å². The number of fused-ring (bicyclic) bond motifs is 3. The van der Waals surface area contributed by atoms with Gasteiger partial charge in [-0.15, -0.1) is 0 Å². The predicted octanol–water partition coefficient (Wildman–Crippen LogP) is 1.57. The molecule has 1 fully saturated rings. The van der Waals surface area contributed by atoms with Gasteiger partial charge in [-0.1, -0.05) is 18.2 Å². The molecular weight excluding hydrogens is 533 g/mol. The maximum Gasteiger partial charge on any atom is 0.459 e. The number of carbonyl (C=O) groups excluding carboxylic acids is 1. The highest BCUT2D eigenvalue weighted by Crippen LogP contribution is 2.47. The summed E-state index contributed by atoms with van der Waals surface area (Å²) in [7, 11) is -4.21. The predicted molar refractivity (Wildman–Crippen MR) is 134 cm³/mol. The van der Waals surface area contributed by atoms with E-state index in [0.29, 0.717) is 24.2 Å². The number of aliphatic hydroxyl groups excluding tert-OH is 1. The Kier molecular flexibility index (Phi) is 7.85. The molecule has 39 heavy (non-hydrogen) atoms. The minimum absolute atomic E-state index is 0.116. The smallest absolute Gasteiger partial charge is 0.459 e. The number of ether oxygens (including phenoxy) is 3. The number of esters is 1. The van der Waals surface area contributed by atoms with Crippen LogP contribution in [0.5, 0.6) is 11.6 Å². The minimum Gasteiger partial charge on any atom is -0.475 e. The van der Waals surface area contributed by atoms with Crippen LogP contribution in [-0.4, -0.2) is 79.4 Å². The number of para-hydroxylation sites is 1. The monoisotopic (exact) mass is 563 g/mol. The molecule has 0 spiro atoms. The summed E-state index contributed by atoms with van der Waals surface area (Å²) in [6.07, 6.45) is 0.116. The van der Waals surface area contributed by atoms with Crippen molar-refractivity contribution in [3.63, 3.8) is 0 Å². The molecule has 0 saturated carbocycles. The van der Waals surface area contributed by atoms with Crippen LogP contribution in [-0.2, 0) is 23.4 Å². The van der Waals surface area contributed by atoms with Gasteiger partial charge in [0, 0.05) is 0 Å². The van der Waals surface area contributed by atoms with Crippen molar-refractivity contribution >= 4 is 19.4 Å². The Morgan fingerprint density at radius 1 is 1.18 bits per heavy atom. The lowest BCUT2D eigenvalue weighted by molar-refractivity contribution is -0.145. The molecule has 6 atom stereocenters. The maximum absolute atomic E-state index is 13.8. The van der Waals surface area contributed by atoms with Crippen LogP contribution in [0.1, 0.15) is 38.5 Å². The molecule has 210 valence electrons. The number of nitrogens with zero attached hydrogens (tertiary/aromatic N) is 4. The molecule has 0 aliphatic carbocycles. The lowest BCUT2D eigenvalue weighted by Gasteiger charge is -2.26. The van der Waals surface area contributed by atoms with E-state index in [2.05, 4.69) is 20.2 Å². The number of benzene rings is 1. The van der Waals surface area contributed by atoms with Crippen LogP contribution in [0.15, 0.2) is 42.9 Å². The normalized spacial score (nSPS) is 32.6. The molecule has 3 aromatic rings. The lowest BCUT2D eigenvalue weighted by Crippen LogP contribution is -2.43. The van der Waals surface area contributed by atoms with Gasteiger partial charge in [0.1, 0.15) is 42.0 Å². The Morgan fingerprint density at radius 2 is 1.92 bits per heavy atom. The van der Waals surface area contributed by atoms with Crippen molar-refractivity contribution in [1.29, 1.82) is 0 Å². The molecule has 2 aromatic heterocycles. The third-order valence-corrected chi connectivity index (χ3v) is 8.11. The standard InChI is InChI=1S/C24H30N5O9P/c1-15-23(31)35-11-7-6-10-34-22-21-25-12-17(29(21)27-14-26-22)20-24(2,32)19(30)18(37-20)13-36-39(33,28-15)38-16-8-4-3-5-9-16/h3-5,8-9,12,14-15,18-20,30,32H,6-7,10-11,13H2,1-2H3,(H,28,33)/t15-,18-,19-,20+,24-,39?/m1/s1. The molecule has 1 saturated heterocycles. The lowest BCUT2D eigenvalue weighted by atomic mass is 9.91. The summed E-state index contributed by atoms with van der Waals surface area (Å²) in [5.41, 5.74) is -1.16. The Bertz CT molecular complexity index is 1350. The number of cyclic esters (lactones) is 1. The molecule has 2 aliphatic heterocycles. The second-order valence-corrected chi connectivity index (χ2v) is 11.2. The van der Waals surface area contributed by atoms with E-state index in [9.17, 15) is 19.6 Å². The van der Waals surface area contributed by atoms with Gasteiger partial charge >= 0.3 is 13.7 Å². The van der Waals surface area contributed by atoms with Gasteiger partial charge in [0.15, 0.2) is 0 Å². The van der Waals surface area contributed by atoms with Gasteiger partial charge in [-0.2, -0.15) is 15.2 Å². The number of hydrogen-bond acceptors (Lipinski definition) is 12. The van der Waals surface area contributed by atoms with Crippen molar-refractivity contribution in [2.24, 2.45) is 0 Å². The number of imidazole rings is 1. The van der Waals surface area contributed by atoms with Crippen LogP contribution < -0.4 is 14.3 Å². The quantitative estimate of drug-likeness (QED) is 0.303. The summed E-state index contributed by atoms with van der Waals surface area (Å²) < 4.78 is 43.6. The summed E-state index contributed by atoms with van der Waals surface area (Å²) in [4.78, 5) is 21.1. The van der Waals surface area contributed by atoms with E-state index >= 15 is 0 Å². The Hall–Kier alpha value is -3.13. The number of aliphatic hydroxyl groups is 2. The molecule has 0 radical (unpaired) electrons. The first kappa shape index (κ1) is 27.4. The van der Waals surface area contributed by atoms with E-state index in [1.807, 2.05) is 0 Å². The molecule has 4 heterocycles. The minimum atomic E-state index is -4.21. The highest BCUT2D eigenvalue weighted by Gasteiger charge is 2.54. The molecule has 6 bridgehead atoms. The fourth-order valence-corrected chi connectivity index (χ4v) is 5.86. The average Bonchev–Trinajstić information content (AvgIpc) is 3.43. The van der Waals surface area contributed by atoms with Gasteiger partial charge in [0.2, 0.25) is 5.65 Å². The number of aromatic nitrogens is 4. The van der Waals surface area contributed by atoms with Crippen molar-refractivity contribution in [3.05, 3.63) is 48.5 Å². The second kappa shape index (κ2) is 11.2. The highest BCUT2D eigenvalue weighted by molar-refractivity contribution is 7.52. The molecule has 14 nitrogen and oxygen atoms in total. The van der Waals surface area contributed by atoms with E-state index in [1.165, 1.54) is 30.9 Å². The van der Waals surface area contributed by atoms with Crippen molar-refractivity contribution in [1.82, 2.24) is 24.7 Å². The first-order chi connectivity index (χ1) is 18.7. The first-order valence-corrected chi connectivity index (χ1v) is 14.0. The van der Waals surface area contributed by atoms with Crippen LogP contribution in [0.4, 0.5) is 0 Å². The number of rotatable bonds is 2. The summed E-state index contributed by atoms with van der Waals surface area (Å²) in [6.45, 7) is 2.81. The van der Waals surface area contributed by atoms with Gasteiger partial charge < -0.3 is 28.9 Å². The zero-order valence-corrected chi connectivity index (χ0v) is 22.3. The van der Waals surface area contributed by atoms with Crippen LogP contribution in [0, 0.1) is 0 Å². The summed E-state index contributed by atoms with van der Waals surface area (Å²) in [6, 6.07) is 7.22. The van der Waals surface area contributed by atoms with E-state index in [4.69, 9.17) is 23.3 Å². The number of hydrogen-bond donors (Lipinski definition) is 3. The largest absolute Gasteiger partial charge is 0.475 e. The third kappa shape index (κ3) is 5.76. The molecule has 5 rings (SSSR count). The average molecular weight is 564 g/mol. The van der Waals surface area contributed by atoms with Gasteiger partial charge in [0.25, 0.3) is 5.88 Å². The Morgan fingerprint density at radius 3 is 2.69 bits per heavy atom. The van der Waals surface area contributed by atoms with Crippen molar-refractivity contribution in [3.8, 4) is 11.6 Å². The molecule has 3 N–H and O–H groups in total. The molecule has 0 amide bonds. The van der Waals surface area contributed by atoms with Gasteiger partial charge in [0.05, 0.1) is 31.7 Å². The third-order valence-electron chi connectivity index (χ3n) is 6.46. The van der Waals surface area contributed by atoms with Crippen molar-refractivity contribution in [2.75, 3.05) is 19.8 Å². The highest BCUT2D eigenvalue weighted by atomic mass is 31.2. The molecule has 15 heteroatoms. The van der Waals surface area contributed by atoms with E-state index in [1.54, 1.807) is 30.3 Å². The van der Waals surface area contributed by atoms with Gasteiger partial charge in [-0.25, -0.2) is 14.1 Å². The molecule has 1 unspecified atom stereocenters. The zero-order chi connectivity index (χ0) is 27.6. The van der Waals surface area contributed by atoms with Crippen LogP contribution in [0.3, 0.4) is 0 Å². The molecule has 1 aromatic carbocycles. The topological polar surface area (TPSA) is 176 Å². The zero-order valence-electron chi connectivity index (χ0n) is 21.4.